The molecule has 120 valence electrons. The molecule has 2 rings (SSSR count). The molecule has 2 aromatic carbocycles. The van der Waals surface area contributed by atoms with Crippen molar-refractivity contribution in [3.63, 3.8) is 0 Å². The van der Waals surface area contributed by atoms with E-state index in [4.69, 9.17) is 4.74 Å². The minimum Gasteiger partial charge on any atom is -0.497 e. The Morgan fingerprint density at radius 2 is 1.78 bits per heavy atom. The molecule has 0 aromatic heterocycles. The van der Waals surface area contributed by atoms with Crippen molar-refractivity contribution in [2.24, 2.45) is 5.10 Å². The molecular weight excluding hydrogens is 290 g/mol. The first kappa shape index (κ1) is 16.5. The number of nitrogens with zero attached hydrogens (tertiary/aromatic N) is 1. The number of rotatable bonds is 6. The normalized spacial score (nSPS) is 12.0. The second kappa shape index (κ2) is 7.98. The number of aryl methyl sites for hydroxylation is 1. The van der Waals surface area contributed by atoms with Crippen molar-refractivity contribution < 1.29 is 9.53 Å². The zero-order valence-electron chi connectivity index (χ0n) is 13.5. The lowest BCUT2D eigenvalue weighted by Gasteiger charge is -2.13. The lowest BCUT2D eigenvalue weighted by atomic mass is 10.2. The van der Waals surface area contributed by atoms with Crippen molar-refractivity contribution >= 4 is 17.8 Å². The average Bonchev–Trinajstić information content (AvgIpc) is 2.57. The molecule has 0 radical (unpaired) electrons. The maximum atomic E-state index is 12.0. The quantitative estimate of drug-likeness (QED) is 0.637. The molecule has 0 fully saturated rings. The van der Waals surface area contributed by atoms with Gasteiger partial charge in [-0.25, -0.2) is 5.43 Å². The van der Waals surface area contributed by atoms with Crippen LogP contribution >= 0.6 is 0 Å². The predicted molar refractivity (Wildman–Crippen MR) is 93.0 cm³/mol. The number of carbonyl (C=O) groups excluding carboxylic acids is 1. The monoisotopic (exact) mass is 311 g/mol. The van der Waals surface area contributed by atoms with E-state index >= 15 is 0 Å². The first-order chi connectivity index (χ1) is 11.1. The van der Waals surface area contributed by atoms with E-state index in [1.165, 1.54) is 5.56 Å². The van der Waals surface area contributed by atoms with E-state index in [-0.39, 0.29) is 5.91 Å². The lowest BCUT2D eigenvalue weighted by Crippen LogP contribution is -2.34. The molecule has 1 atom stereocenters. The van der Waals surface area contributed by atoms with Crippen LogP contribution in [-0.4, -0.2) is 25.3 Å². The fourth-order valence-corrected chi connectivity index (χ4v) is 1.92. The molecule has 0 heterocycles. The van der Waals surface area contributed by atoms with Crippen molar-refractivity contribution in [1.82, 2.24) is 5.43 Å². The zero-order valence-corrected chi connectivity index (χ0v) is 13.5. The largest absolute Gasteiger partial charge is 0.497 e. The molecule has 5 heteroatoms. The van der Waals surface area contributed by atoms with Crippen LogP contribution in [0.25, 0.3) is 0 Å². The van der Waals surface area contributed by atoms with E-state index in [9.17, 15) is 4.79 Å². The molecule has 23 heavy (non-hydrogen) atoms. The standard InChI is InChI=1S/C18H21N3O2/c1-13-4-6-15(7-5-13)12-19-21-18(22)14(2)20-16-8-10-17(23-3)11-9-16/h4-12,14,20H,1-3H3,(H,21,22)/b19-12+. The second-order valence-corrected chi connectivity index (χ2v) is 5.24. The molecule has 2 aromatic rings. The Bertz CT molecular complexity index is 664. The molecule has 0 saturated carbocycles. The van der Waals surface area contributed by atoms with E-state index < -0.39 is 6.04 Å². The van der Waals surface area contributed by atoms with Crippen LogP contribution in [0.4, 0.5) is 5.69 Å². The molecule has 0 saturated heterocycles. The number of hydrazone groups is 1. The van der Waals surface area contributed by atoms with Crippen LogP contribution in [-0.2, 0) is 4.79 Å². The summed E-state index contributed by atoms with van der Waals surface area (Å²) in [6, 6.07) is 14.9. The first-order valence-corrected chi connectivity index (χ1v) is 7.38. The summed E-state index contributed by atoms with van der Waals surface area (Å²) >= 11 is 0. The Morgan fingerprint density at radius 1 is 1.13 bits per heavy atom. The van der Waals surface area contributed by atoms with Gasteiger partial charge in [-0.3, -0.25) is 4.79 Å². The highest BCUT2D eigenvalue weighted by Crippen LogP contribution is 2.15. The van der Waals surface area contributed by atoms with E-state index in [2.05, 4.69) is 15.8 Å². The van der Waals surface area contributed by atoms with Gasteiger partial charge < -0.3 is 10.1 Å². The zero-order chi connectivity index (χ0) is 16.7. The van der Waals surface area contributed by atoms with Crippen molar-refractivity contribution in [2.45, 2.75) is 19.9 Å². The van der Waals surface area contributed by atoms with E-state index in [0.717, 1.165) is 17.0 Å². The molecule has 1 amide bonds. The number of benzene rings is 2. The van der Waals surface area contributed by atoms with Gasteiger partial charge in [0, 0.05) is 5.69 Å². The fraction of sp³-hybridized carbons (Fsp3) is 0.222. The third kappa shape index (κ3) is 5.14. The van der Waals surface area contributed by atoms with Crippen molar-refractivity contribution in [2.75, 3.05) is 12.4 Å². The summed E-state index contributed by atoms with van der Waals surface area (Å²) in [4.78, 5) is 12.0. The van der Waals surface area contributed by atoms with Gasteiger partial charge in [0.05, 0.1) is 13.3 Å². The number of carbonyl (C=O) groups is 1. The Kier molecular flexibility index (Phi) is 5.74. The molecule has 1 unspecified atom stereocenters. The topological polar surface area (TPSA) is 62.7 Å². The average molecular weight is 311 g/mol. The summed E-state index contributed by atoms with van der Waals surface area (Å²) in [6.07, 6.45) is 1.62. The van der Waals surface area contributed by atoms with Gasteiger partial charge in [0.1, 0.15) is 11.8 Å². The smallest absolute Gasteiger partial charge is 0.262 e. The number of hydrogen-bond donors (Lipinski definition) is 2. The number of ether oxygens (including phenoxy) is 1. The highest BCUT2D eigenvalue weighted by molar-refractivity contribution is 5.86. The fourth-order valence-electron chi connectivity index (χ4n) is 1.92. The van der Waals surface area contributed by atoms with Gasteiger partial charge in [0.15, 0.2) is 0 Å². The van der Waals surface area contributed by atoms with Crippen LogP contribution in [0.2, 0.25) is 0 Å². The summed E-state index contributed by atoms with van der Waals surface area (Å²) in [5, 5.41) is 7.08. The molecule has 0 spiro atoms. The van der Waals surface area contributed by atoms with E-state index in [0.29, 0.717) is 0 Å². The SMILES string of the molecule is COc1ccc(NC(C)C(=O)N/N=C/c2ccc(C)cc2)cc1. The summed E-state index contributed by atoms with van der Waals surface area (Å²) in [6.45, 7) is 3.80. The first-order valence-electron chi connectivity index (χ1n) is 7.38. The van der Waals surface area contributed by atoms with Gasteiger partial charge in [-0.15, -0.1) is 0 Å². The van der Waals surface area contributed by atoms with Gasteiger partial charge in [-0.2, -0.15) is 5.10 Å². The highest BCUT2D eigenvalue weighted by Gasteiger charge is 2.11. The van der Waals surface area contributed by atoms with Crippen molar-refractivity contribution in [3.05, 3.63) is 59.7 Å². The number of anilines is 1. The van der Waals surface area contributed by atoms with Crippen molar-refractivity contribution in [1.29, 1.82) is 0 Å². The number of hydrogen-bond acceptors (Lipinski definition) is 4. The van der Waals surface area contributed by atoms with Crippen LogP contribution in [0, 0.1) is 6.92 Å². The van der Waals surface area contributed by atoms with Gasteiger partial charge in [0.25, 0.3) is 5.91 Å². The Balaban J connectivity index is 1.85. The van der Waals surface area contributed by atoms with Gasteiger partial charge >= 0.3 is 0 Å². The molecular formula is C18H21N3O2. The minimum atomic E-state index is -0.404. The Labute approximate surface area is 136 Å². The molecule has 0 aliphatic heterocycles. The second-order valence-electron chi connectivity index (χ2n) is 5.24. The van der Waals surface area contributed by atoms with Crippen molar-refractivity contribution in [3.8, 4) is 5.75 Å². The van der Waals surface area contributed by atoms with Gasteiger partial charge in [-0.05, 0) is 43.7 Å². The van der Waals surface area contributed by atoms with Gasteiger partial charge in [-0.1, -0.05) is 29.8 Å². The van der Waals surface area contributed by atoms with Crippen LogP contribution in [0.15, 0.2) is 53.6 Å². The van der Waals surface area contributed by atoms with Crippen LogP contribution in [0.5, 0.6) is 5.75 Å². The molecule has 2 N–H and O–H groups in total. The lowest BCUT2D eigenvalue weighted by molar-refractivity contribution is -0.121. The molecule has 0 aliphatic carbocycles. The highest BCUT2D eigenvalue weighted by atomic mass is 16.5. The number of amides is 1. The Morgan fingerprint density at radius 3 is 2.39 bits per heavy atom. The van der Waals surface area contributed by atoms with E-state index in [1.54, 1.807) is 20.2 Å². The molecule has 0 bridgehead atoms. The maximum absolute atomic E-state index is 12.0. The van der Waals surface area contributed by atoms with E-state index in [1.807, 2.05) is 55.5 Å². The maximum Gasteiger partial charge on any atom is 0.262 e. The number of methoxy groups -OCH3 is 1. The third-order valence-corrected chi connectivity index (χ3v) is 3.33. The Hall–Kier alpha value is -2.82. The molecule has 5 nitrogen and oxygen atoms in total. The summed E-state index contributed by atoms with van der Waals surface area (Å²) in [5.41, 5.74) is 5.50. The predicted octanol–water partition coefficient (Wildman–Crippen LogP) is 2.95. The van der Waals surface area contributed by atoms with Crippen LogP contribution in [0.3, 0.4) is 0 Å². The minimum absolute atomic E-state index is 0.204. The summed E-state index contributed by atoms with van der Waals surface area (Å²) < 4.78 is 5.10. The number of nitrogens with one attached hydrogen (secondary N) is 2. The van der Waals surface area contributed by atoms with Crippen LogP contribution in [0.1, 0.15) is 18.1 Å². The summed E-state index contributed by atoms with van der Waals surface area (Å²) in [5.74, 6) is 0.569. The van der Waals surface area contributed by atoms with Gasteiger partial charge in [0.2, 0.25) is 0 Å². The third-order valence-electron chi connectivity index (χ3n) is 3.33. The molecule has 0 aliphatic rings. The summed E-state index contributed by atoms with van der Waals surface area (Å²) in [7, 11) is 1.62. The van der Waals surface area contributed by atoms with Crippen LogP contribution < -0.4 is 15.5 Å².